The number of anilines is 1. The number of allylic oxidation sites excluding steroid dienone is 1. The van der Waals surface area contributed by atoms with Gasteiger partial charge in [0.15, 0.2) is 5.13 Å². The van der Waals surface area contributed by atoms with Gasteiger partial charge in [0.2, 0.25) is 0 Å². The van der Waals surface area contributed by atoms with Gasteiger partial charge in [-0.25, -0.2) is 4.98 Å². The molecule has 2 aromatic carbocycles. The Balaban J connectivity index is 1.72. The summed E-state index contributed by atoms with van der Waals surface area (Å²) in [5, 5.41) is 4.79. The van der Waals surface area contributed by atoms with Gasteiger partial charge in [-0.1, -0.05) is 38.1 Å². The van der Waals surface area contributed by atoms with E-state index < -0.39 is 0 Å². The first-order chi connectivity index (χ1) is 15.7. The van der Waals surface area contributed by atoms with Crippen LogP contribution in [-0.2, 0) is 6.54 Å². The van der Waals surface area contributed by atoms with E-state index in [2.05, 4.69) is 76.0 Å². The molecule has 4 nitrogen and oxygen atoms in total. The molecule has 1 N–H and O–H groups in total. The molecule has 0 spiro atoms. The summed E-state index contributed by atoms with van der Waals surface area (Å²) in [6, 6.07) is 12.8. The largest absolute Gasteiger partial charge is 0.332 e. The minimum absolute atomic E-state index is 0.142. The Morgan fingerprint density at radius 1 is 1.12 bits per heavy atom. The average Bonchev–Trinajstić information content (AvgIpc) is 3.27. The summed E-state index contributed by atoms with van der Waals surface area (Å²) >= 11 is 1.51. The lowest BCUT2D eigenvalue weighted by Crippen LogP contribution is -2.18. The average molecular weight is 458 g/mol. The van der Waals surface area contributed by atoms with E-state index in [9.17, 15) is 4.79 Å². The molecule has 0 bridgehead atoms. The molecule has 2 heterocycles. The lowest BCUT2D eigenvalue weighted by Gasteiger charge is -2.09. The standard InChI is InChI=1S/C28H31N3OS/c1-8-13-31-24-12-11-21(16(2)3)15-23(24)19(6)26(31)27(32)30-28-29-25(20(7)33-28)22-10-9-17(4)18(5)14-22/h8-12,14-16H,1,13H2,2-7H3,(H,29,30,32). The Hall–Kier alpha value is -3.18. The quantitative estimate of drug-likeness (QED) is 0.304. The fourth-order valence-electron chi connectivity index (χ4n) is 4.27. The van der Waals surface area contributed by atoms with Crippen LogP contribution in [0.1, 0.15) is 57.4 Å². The molecule has 0 aliphatic rings. The highest BCUT2D eigenvalue weighted by Crippen LogP contribution is 2.33. The molecule has 4 rings (SSSR count). The second-order valence-corrected chi connectivity index (χ2v) is 10.2. The molecule has 0 saturated carbocycles. The summed E-state index contributed by atoms with van der Waals surface area (Å²) in [5.74, 6) is 0.285. The zero-order valence-corrected chi connectivity index (χ0v) is 21.1. The van der Waals surface area contributed by atoms with E-state index in [1.807, 2.05) is 24.5 Å². The van der Waals surface area contributed by atoms with Crippen LogP contribution in [0.4, 0.5) is 5.13 Å². The monoisotopic (exact) mass is 457 g/mol. The van der Waals surface area contributed by atoms with Crippen LogP contribution in [0, 0.1) is 27.7 Å². The van der Waals surface area contributed by atoms with E-state index in [-0.39, 0.29) is 5.91 Å². The molecule has 0 unspecified atom stereocenters. The highest BCUT2D eigenvalue weighted by Gasteiger charge is 2.22. The minimum atomic E-state index is -0.142. The molecule has 0 aliphatic carbocycles. The predicted molar refractivity (Wildman–Crippen MR) is 141 cm³/mol. The van der Waals surface area contributed by atoms with Gasteiger partial charge < -0.3 is 4.57 Å². The first-order valence-corrected chi connectivity index (χ1v) is 12.1. The zero-order chi connectivity index (χ0) is 23.9. The van der Waals surface area contributed by atoms with E-state index in [0.29, 0.717) is 23.3 Å². The summed E-state index contributed by atoms with van der Waals surface area (Å²) in [5.41, 5.74) is 8.44. The Kier molecular flexibility index (Phi) is 6.26. The number of rotatable bonds is 6. The maximum atomic E-state index is 13.5. The number of hydrogen-bond donors (Lipinski definition) is 1. The fraction of sp³-hybridized carbons (Fsp3) is 0.286. The number of nitrogens with one attached hydrogen (secondary N) is 1. The molecule has 1 amide bonds. The molecule has 170 valence electrons. The van der Waals surface area contributed by atoms with Crippen molar-refractivity contribution < 1.29 is 4.79 Å². The molecule has 4 aromatic rings. The van der Waals surface area contributed by atoms with Crippen LogP contribution in [0.3, 0.4) is 0 Å². The van der Waals surface area contributed by atoms with Crippen molar-refractivity contribution in [2.75, 3.05) is 5.32 Å². The molecule has 0 saturated heterocycles. The summed E-state index contributed by atoms with van der Waals surface area (Å²) in [4.78, 5) is 19.3. The second kappa shape index (κ2) is 8.99. The number of benzene rings is 2. The first kappa shape index (κ1) is 23.0. The van der Waals surface area contributed by atoms with Crippen molar-refractivity contribution in [3.05, 3.63) is 81.9 Å². The van der Waals surface area contributed by atoms with Gasteiger partial charge in [-0.3, -0.25) is 10.1 Å². The van der Waals surface area contributed by atoms with Crippen molar-refractivity contribution in [1.82, 2.24) is 9.55 Å². The van der Waals surface area contributed by atoms with Gasteiger partial charge in [-0.2, -0.15) is 0 Å². The van der Waals surface area contributed by atoms with Crippen LogP contribution in [-0.4, -0.2) is 15.5 Å². The van der Waals surface area contributed by atoms with Gasteiger partial charge in [0.05, 0.1) is 5.69 Å². The Morgan fingerprint density at radius 2 is 1.88 bits per heavy atom. The molecule has 0 atom stereocenters. The molecule has 0 aliphatic heterocycles. The van der Waals surface area contributed by atoms with Crippen molar-refractivity contribution in [3.8, 4) is 11.3 Å². The number of amides is 1. The van der Waals surface area contributed by atoms with Crippen LogP contribution in [0.15, 0.2) is 49.1 Å². The van der Waals surface area contributed by atoms with Crippen molar-refractivity contribution >= 4 is 33.3 Å². The number of nitrogens with zero attached hydrogens (tertiary/aromatic N) is 2. The van der Waals surface area contributed by atoms with E-state index in [4.69, 9.17) is 4.98 Å². The Bertz CT molecular complexity index is 1370. The molecule has 2 aromatic heterocycles. The number of aromatic nitrogens is 2. The van der Waals surface area contributed by atoms with Gasteiger partial charge in [0.25, 0.3) is 5.91 Å². The highest BCUT2D eigenvalue weighted by atomic mass is 32.1. The second-order valence-electron chi connectivity index (χ2n) is 8.98. The molecule has 0 radical (unpaired) electrons. The van der Waals surface area contributed by atoms with Crippen LogP contribution in [0.2, 0.25) is 0 Å². The SMILES string of the molecule is C=CCn1c(C(=O)Nc2nc(-c3ccc(C)c(C)c3)c(C)s2)c(C)c2cc(C(C)C)ccc21. The summed E-state index contributed by atoms with van der Waals surface area (Å²) < 4.78 is 2.04. The number of thiazole rings is 1. The van der Waals surface area contributed by atoms with Gasteiger partial charge in [-0.15, -0.1) is 17.9 Å². The van der Waals surface area contributed by atoms with Gasteiger partial charge in [-0.05, 0) is 74.1 Å². The number of fused-ring (bicyclic) bond motifs is 1. The molecular formula is C28H31N3OS. The maximum absolute atomic E-state index is 13.5. The molecule has 33 heavy (non-hydrogen) atoms. The van der Waals surface area contributed by atoms with Gasteiger partial charge in [0, 0.05) is 27.9 Å². The third-order valence-electron chi connectivity index (χ3n) is 6.33. The van der Waals surface area contributed by atoms with E-state index in [1.54, 1.807) is 0 Å². The summed E-state index contributed by atoms with van der Waals surface area (Å²) in [6.45, 7) is 17.1. The summed E-state index contributed by atoms with van der Waals surface area (Å²) in [7, 11) is 0. The maximum Gasteiger partial charge on any atom is 0.274 e. The van der Waals surface area contributed by atoms with Crippen molar-refractivity contribution in [2.24, 2.45) is 0 Å². The number of aryl methyl sites for hydroxylation is 4. The number of hydrogen-bond acceptors (Lipinski definition) is 3. The van der Waals surface area contributed by atoms with Crippen molar-refractivity contribution in [2.45, 2.75) is 54.0 Å². The van der Waals surface area contributed by atoms with Crippen molar-refractivity contribution in [1.29, 1.82) is 0 Å². The first-order valence-electron chi connectivity index (χ1n) is 11.3. The molecule has 0 fully saturated rings. The van der Waals surface area contributed by atoms with Gasteiger partial charge >= 0.3 is 0 Å². The zero-order valence-electron chi connectivity index (χ0n) is 20.2. The van der Waals surface area contributed by atoms with Crippen LogP contribution >= 0.6 is 11.3 Å². The van der Waals surface area contributed by atoms with Crippen LogP contribution in [0.25, 0.3) is 22.2 Å². The van der Waals surface area contributed by atoms with E-state index in [1.165, 1.54) is 28.0 Å². The lowest BCUT2D eigenvalue weighted by molar-refractivity contribution is 0.101. The van der Waals surface area contributed by atoms with Crippen LogP contribution in [0.5, 0.6) is 0 Å². The number of carbonyl (C=O) groups is 1. The van der Waals surface area contributed by atoms with Crippen molar-refractivity contribution in [3.63, 3.8) is 0 Å². The molecular weight excluding hydrogens is 426 g/mol. The topological polar surface area (TPSA) is 46.9 Å². The third kappa shape index (κ3) is 4.25. The minimum Gasteiger partial charge on any atom is -0.332 e. The molecule has 5 heteroatoms. The highest BCUT2D eigenvalue weighted by molar-refractivity contribution is 7.16. The smallest absolute Gasteiger partial charge is 0.274 e. The third-order valence-corrected chi connectivity index (χ3v) is 7.22. The Morgan fingerprint density at radius 3 is 2.55 bits per heavy atom. The summed E-state index contributed by atoms with van der Waals surface area (Å²) in [6.07, 6.45) is 1.83. The van der Waals surface area contributed by atoms with Gasteiger partial charge in [0.1, 0.15) is 5.69 Å². The van der Waals surface area contributed by atoms with E-state index >= 15 is 0 Å². The fourth-order valence-corrected chi connectivity index (χ4v) is 5.10. The lowest BCUT2D eigenvalue weighted by atomic mass is 10.0. The van der Waals surface area contributed by atoms with Crippen LogP contribution < -0.4 is 5.32 Å². The Labute approximate surface area is 200 Å². The normalized spacial score (nSPS) is 11.4. The number of carbonyl (C=O) groups excluding carboxylic acids is 1. The van der Waals surface area contributed by atoms with E-state index in [0.717, 1.165) is 32.6 Å². The predicted octanol–water partition coefficient (Wildman–Crippen LogP) is 7.56.